The van der Waals surface area contributed by atoms with Gasteiger partial charge in [-0.15, -0.1) is 0 Å². The Morgan fingerprint density at radius 3 is 1.08 bits per heavy atom. The number of likely N-dealkylation sites (tertiary alicyclic amines) is 5. The molecule has 0 aliphatic carbocycles. The molecule has 127 heavy (non-hydrogen) atoms. The van der Waals surface area contributed by atoms with E-state index in [2.05, 4.69) is 50.5 Å². The van der Waals surface area contributed by atoms with Crippen molar-refractivity contribution < 1.29 is 108 Å². The maximum atomic E-state index is 13.9. The van der Waals surface area contributed by atoms with Crippen LogP contribution in [0.5, 0.6) is 0 Å². The van der Waals surface area contributed by atoms with Crippen molar-refractivity contribution in [3.63, 3.8) is 0 Å². The minimum atomic E-state index is -3.26. The van der Waals surface area contributed by atoms with E-state index in [1.807, 2.05) is 13.8 Å². The number of nitrogens with zero attached hydrogens (tertiary/aromatic N) is 16. The van der Waals surface area contributed by atoms with Crippen LogP contribution < -0.4 is 22.9 Å². The van der Waals surface area contributed by atoms with E-state index in [1.54, 1.807) is 50.1 Å². The minimum Gasteiger partial charge on any atom is -0.384 e. The van der Waals surface area contributed by atoms with Crippen LogP contribution in [0, 0.1) is 69.8 Å². The monoisotopic (exact) mass is 1810 g/mol. The third-order valence-corrected chi connectivity index (χ3v) is 23.8. The number of carbonyl (C=O) groups excluding carboxylic acids is 5. The summed E-state index contributed by atoms with van der Waals surface area (Å²) in [4.78, 5) is 96.6. The Balaban J connectivity index is 0.000000154. The summed E-state index contributed by atoms with van der Waals surface area (Å²) in [5.41, 5.74) is 23.2. The SMILES string of the molecule is CC(=O)N1CC(c2noc([C@@H]3CCCN3C(=O)C[C@H](N)Cc3cc(F)c(F)cc3F)n2)C1.COCC(C)(C)c1noc([C@@H]2CCCN2C(=O)C[C@H](N)Cc2cc(F)c(F)cc2F)n1.CS(=O)(=O)N1CC(c2noc([C@@H]3CCCN3C(=O)C[C@H](N)Cc3cc(F)c(F)cc3F)n2)C1.N[C@@H](CC(=O)N1CCC[C@H]1c1nc(-c2ncccn2)no1)Cc1cc(F)c(F)cc1F. The van der Waals surface area contributed by atoms with Crippen molar-refractivity contribution in [2.75, 3.05) is 72.3 Å². The number of benzene rings is 4. The molecule has 0 unspecified atom stereocenters. The van der Waals surface area contributed by atoms with Crippen LogP contribution >= 0.6 is 0 Å². The first-order valence-corrected chi connectivity index (χ1v) is 42.7. The lowest BCUT2D eigenvalue weighted by atomic mass is 9.94. The molecule has 15 rings (SSSR count). The average molecular weight is 1810 g/mol. The molecule has 6 aliphatic heterocycles. The molecular weight excluding hydrogens is 1720 g/mol. The van der Waals surface area contributed by atoms with Gasteiger partial charge in [0.05, 0.1) is 30.1 Å². The van der Waals surface area contributed by atoms with Crippen LogP contribution in [0.2, 0.25) is 0 Å². The second-order valence-electron chi connectivity index (χ2n) is 32.8. The number of aromatic nitrogens is 10. The maximum Gasteiger partial charge on any atom is 0.249 e. The van der Waals surface area contributed by atoms with Crippen LogP contribution in [0.3, 0.4) is 0 Å². The molecule has 6 fully saturated rings. The van der Waals surface area contributed by atoms with E-state index < -0.39 is 121 Å². The first-order chi connectivity index (χ1) is 60.3. The number of halogens is 12. The summed E-state index contributed by atoms with van der Waals surface area (Å²) in [6, 6.07) is 1.92. The van der Waals surface area contributed by atoms with Crippen molar-refractivity contribution in [3.05, 3.63) is 200 Å². The highest BCUT2D eigenvalue weighted by Gasteiger charge is 2.43. The summed E-state index contributed by atoms with van der Waals surface area (Å²) in [5.74, 6) is -11.4. The Bertz CT molecular complexity index is 5510. The van der Waals surface area contributed by atoms with Gasteiger partial charge in [0.15, 0.2) is 64.0 Å². The summed E-state index contributed by atoms with van der Waals surface area (Å²) >= 11 is 0. The van der Waals surface area contributed by atoms with Gasteiger partial charge in [-0.3, -0.25) is 24.0 Å². The number of rotatable bonds is 27. The largest absolute Gasteiger partial charge is 0.384 e. The molecule has 5 amide bonds. The number of hydrogen-bond donors (Lipinski definition) is 4. The Morgan fingerprint density at radius 1 is 0.441 bits per heavy atom. The van der Waals surface area contributed by atoms with Gasteiger partial charge in [-0.1, -0.05) is 34.5 Å². The van der Waals surface area contributed by atoms with E-state index in [0.29, 0.717) is 137 Å². The summed E-state index contributed by atoms with van der Waals surface area (Å²) in [6.45, 7) is 9.35. The van der Waals surface area contributed by atoms with Gasteiger partial charge in [0, 0.05) is 153 Å². The van der Waals surface area contributed by atoms with Crippen molar-refractivity contribution in [2.45, 2.75) is 189 Å². The third kappa shape index (κ3) is 23.6. The second kappa shape index (κ2) is 41.2. The van der Waals surface area contributed by atoms with Crippen molar-refractivity contribution in [1.82, 2.24) is 79.3 Å². The predicted octanol–water partition coefficient (Wildman–Crippen LogP) is 9.13. The fraction of sp³-hybridized carbons (Fsp3) is 0.500. The van der Waals surface area contributed by atoms with Gasteiger partial charge in [-0.05, 0) is 130 Å². The molecule has 32 nitrogen and oxygen atoms in total. The van der Waals surface area contributed by atoms with E-state index in [1.165, 1.54) is 11.2 Å². The first-order valence-electron chi connectivity index (χ1n) is 40.8. The van der Waals surface area contributed by atoms with Gasteiger partial charge in [-0.2, -0.15) is 19.9 Å². The first kappa shape index (κ1) is 94.9. The fourth-order valence-electron chi connectivity index (χ4n) is 15.8. The van der Waals surface area contributed by atoms with Crippen LogP contribution in [0.25, 0.3) is 11.6 Å². The maximum absolute atomic E-state index is 13.9. The zero-order chi connectivity index (χ0) is 91.6. The minimum absolute atomic E-state index is 0.00266. The molecule has 0 spiro atoms. The number of carbonyl (C=O) groups is 5. The van der Waals surface area contributed by atoms with Gasteiger partial charge >= 0.3 is 0 Å². The molecule has 0 saturated carbocycles. The third-order valence-electron chi connectivity index (χ3n) is 22.5. The molecule has 11 heterocycles. The van der Waals surface area contributed by atoms with E-state index in [-0.39, 0.29) is 158 Å². The summed E-state index contributed by atoms with van der Waals surface area (Å²) in [5, 5.41) is 15.9. The van der Waals surface area contributed by atoms with Crippen molar-refractivity contribution in [2.24, 2.45) is 22.9 Å². The molecule has 45 heteroatoms. The average Bonchev–Trinajstić information content (AvgIpc) is 1.78. The van der Waals surface area contributed by atoms with Crippen molar-refractivity contribution in [3.8, 4) is 11.6 Å². The quantitative estimate of drug-likeness (QED) is 0.0275. The Kier molecular flexibility index (Phi) is 30.8. The van der Waals surface area contributed by atoms with Gasteiger partial charge in [0.1, 0.15) is 47.4 Å². The number of nitrogens with two attached hydrogens (primary N) is 4. The molecule has 8 N–H and O–H groups in total. The van der Waals surface area contributed by atoms with E-state index in [4.69, 9.17) is 45.8 Å². The van der Waals surface area contributed by atoms with E-state index in [0.717, 1.165) is 49.8 Å². The molecule has 6 aliphatic rings. The van der Waals surface area contributed by atoms with Gasteiger partial charge < -0.3 is 70.3 Å². The number of hydrogen-bond acceptors (Lipinski definition) is 26. The number of methoxy groups -OCH3 is 1. The zero-order valence-corrected chi connectivity index (χ0v) is 70.4. The number of sulfonamides is 1. The number of ether oxygens (including phenoxy) is 1. The highest BCUT2D eigenvalue weighted by atomic mass is 32.2. The molecule has 0 bridgehead atoms. The lowest BCUT2D eigenvalue weighted by Gasteiger charge is -2.36. The summed E-state index contributed by atoms with van der Waals surface area (Å²) in [6.07, 6.45) is 8.97. The Morgan fingerprint density at radius 2 is 0.748 bits per heavy atom. The van der Waals surface area contributed by atoms with Crippen LogP contribution in [0.4, 0.5) is 52.7 Å². The van der Waals surface area contributed by atoms with E-state index in [9.17, 15) is 85.1 Å². The lowest BCUT2D eigenvalue weighted by molar-refractivity contribution is -0.134. The highest BCUT2D eigenvalue weighted by Crippen LogP contribution is 2.39. The van der Waals surface area contributed by atoms with Crippen LogP contribution in [-0.2, 0) is 69.8 Å². The van der Waals surface area contributed by atoms with Crippen LogP contribution in [-0.4, -0.2) is 214 Å². The molecule has 5 aromatic heterocycles. The normalized spacial score (nSPS) is 19.0. The lowest BCUT2D eigenvalue weighted by Crippen LogP contribution is -2.48. The summed E-state index contributed by atoms with van der Waals surface area (Å²) in [7, 11) is -1.67. The standard InChI is InChI=1S/C21H24F3N5O3.C21H27F3N4O3.C20H19F3N6O2.C20H24F3N5O4S/c1-11(30)28-9-13(10-28)20-26-21(32-27-20)18-3-2-4-29(18)19(31)7-14(25)5-12-6-16(23)17(24)8-15(12)22;1-21(2,11-30-3)20-26-19(31-27-20)17-5-4-6-28(17)18(29)9-13(25)7-12-8-15(23)16(24)10-14(12)22;21-13-10-15(23)14(22)8-11(13)7-12(24)9-17(30)29-6-1-3-16(29)20-27-19(28-31-20)18-25-4-2-5-26-18;1-33(30,31)27-9-12(10-27)19-25-20(32-26-19)17-3-2-4-28(17)18(29)7-13(24)5-11-6-15(22)16(23)8-14(11)21/h6,8,13-14,18H,2-5,7,9-10,25H2,1H3;8,10,13,17H,4-7,9,11,25H2,1-3H3;2,4-5,8,10,12,16H,1,3,6-7,9,24H2;6,8,12-13,17H,2-5,7,9-10,24H2,1H3/t14-,18+;13-,17+;12-,16+;13-,17+/m1111/s1. The van der Waals surface area contributed by atoms with Crippen molar-refractivity contribution >= 4 is 39.6 Å². The topological polar surface area (TPSA) is 434 Å². The van der Waals surface area contributed by atoms with Crippen molar-refractivity contribution in [1.29, 1.82) is 0 Å². The van der Waals surface area contributed by atoms with Gasteiger partial charge in [0.25, 0.3) is 0 Å². The molecule has 684 valence electrons. The van der Waals surface area contributed by atoms with Crippen LogP contribution in [0.1, 0.15) is 197 Å². The van der Waals surface area contributed by atoms with E-state index >= 15 is 0 Å². The molecule has 9 aromatic rings. The van der Waals surface area contributed by atoms with Crippen LogP contribution in [0.15, 0.2) is 85.1 Å². The summed E-state index contributed by atoms with van der Waals surface area (Å²) < 4.78 is 213. The molecular formula is C82H94F12N20O12S. The molecule has 0 radical (unpaired) electrons. The molecule has 6 saturated heterocycles. The fourth-order valence-corrected chi connectivity index (χ4v) is 16.7. The smallest absolute Gasteiger partial charge is 0.249 e. The highest BCUT2D eigenvalue weighted by molar-refractivity contribution is 7.88. The Labute approximate surface area is 719 Å². The predicted molar refractivity (Wildman–Crippen MR) is 422 cm³/mol. The van der Waals surface area contributed by atoms with Gasteiger partial charge in [-0.25, -0.2) is 75.4 Å². The molecule has 8 atom stereocenters. The second-order valence-corrected chi connectivity index (χ2v) is 34.7. The Hall–Kier alpha value is -11.3. The number of amides is 5. The van der Waals surface area contributed by atoms with Gasteiger partial charge in [0.2, 0.25) is 74.8 Å². The molecule has 4 aromatic carbocycles. The zero-order valence-electron chi connectivity index (χ0n) is 69.6.